The molecule has 0 bridgehead atoms. The summed E-state index contributed by atoms with van der Waals surface area (Å²) < 4.78 is 30.0. The van der Waals surface area contributed by atoms with Crippen LogP contribution in [0.2, 0.25) is 0 Å². The number of amides is 1. The first-order chi connectivity index (χ1) is 15.2. The molecule has 1 aliphatic heterocycles. The number of carbonyl (C=O) groups is 1. The van der Waals surface area contributed by atoms with Crippen molar-refractivity contribution in [1.82, 2.24) is 14.3 Å². The van der Waals surface area contributed by atoms with Crippen LogP contribution >= 0.6 is 22.7 Å². The van der Waals surface area contributed by atoms with Crippen LogP contribution in [-0.2, 0) is 14.8 Å². The molecular formula is C22H22N4O3S3. The number of anilines is 1. The molecule has 32 heavy (non-hydrogen) atoms. The second-order valence-electron chi connectivity index (χ2n) is 8.67. The van der Waals surface area contributed by atoms with Gasteiger partial charge in [0.15, 0.2) is 0 Å². The summed E-state index contributed by atoms with van der Waals surface area (Å²) in [7, 11) is -3.65. The molecule has 2 aromatic heterocycles. The van der Waals surface area contributed by atoms with Gasteiger partial charge in [0.05, 0.1) is 36.3 Å². The molecule has 7 nitrogen and oxygen atoms in total. The van der Waals surface area contributed by atoms with E-state index in [2.05, 4.69) is 15.3 Å². The Morgan fingerprint density at radius 3 is 2.59 bits per heavy atom. The van der Waals surface area contributed by atoms with Gasteiger partial charge in [0.1, 0.15) is 0 Å². The molecule has 1 N–H and O–H groups in total. The first-order valence-corrected chi connectivity index (χ1v) is 13.4. The molecule has 1 saturated heterocycles. The number of thiazole rings is 2. The molecule has 1 fully saturated rings. The van der Waals surface area contributed by atoms with Gasteiger partial charge in [0.25, 0.3) is 0 Å². The summed E-state index contributed by atoms with van der Waals surface area (Å²) in [6.07, 6.45) is 0.458. The maximum Gasteiger partial charge on any atom is 0.243 e. The fourth-order valence-corrected chi connectivity index (χ4v) is 7.41. The van der Waals surface area contributed by atoms with Gasteiger partial charge in [-0.05, 0) is 48.2 Å². The van der Waals surface area contributed by atoms with Gasteiger partial charge in [-0.25, -0.2) is 18.4 Å². The number of fused-ring (bicyclic) bond motifs is 2. The summed E-state index contributed by atoms with van der Waals surface area (Å²) in [5.41, 5.74) is 5.32. The quantitative estimate of drug-likeness (QED) is 0.456. The number of nitrogens with one attached hydrogen (secondary N) is 1. The summed E-state index contributed by atoms with van der Waals surface area (Å²) in [5, 5.41) is 3.00. The van der Waals surface area contributed by atoms with Gasteiger partial charge in [-0.3, -0.25) is 4.79 Å². The standard InChI is InChI=1S/C22H22N4O3S3/c1-22(2)11-26(32(28,29)15-4-5-17-20(10-15)31-12-23-17)8-7-16(22)21(27)25-14-3-6-19-18(9-14)24-13-30-19/h3-6,9-10,12-13,16H,7-8,11H2,1-2H3,(H,25,27). The Labute approximate surface area is 194 Å². The molecule has 1 amide bonds. The van der Waals surface area contributed by atoms with Crippen molar-refractivity contribution < 1.29 is 13.2 Å². The molecule has 0 spiro atoms. The zero-order chi connectivity index (χ0) is 22.5. The Morgan fingerprint density at radius 2 is 1.81 bits per heavy atom. The van der Waals surface area contributed by atoms with E-state index < -0.39 is 15.4 Å². The second kappa shape index (κ2) is 7.87. The molecule has 1 atom stereocenters. The van der Waals surface area contributed by atoms with Crippen molar-refractivity contribution in [3.05, 3.63) is 47.4 Å². The summed E-state index contributed by atoms with van der Waals surface area (Å²) in [6, 6.07) is 10.7. The lowest BCUT2D eigenvalue weighted by molar-refractivity contribution is -0.125. The molecule has 1 aliphatic rings. The van der Waals surface area contributed by atoms with Crippen LogP contribution in [0.4, 0.5) is 5.69 Å². The van der Waals surface area contributed by atoms with E-state index in [4.69, 9.17) is 0 Å². The Kier molecular flexibility index (Phi) is 5.28. The van der Waals surface area contributed by atoms with E-state index in [0.717, 1.165) is 20.4 Å². The van der Waals surface area contributed by atoms with Crippen molar-refractivity contribution in [3.63, 3.8) is 0 Å². The highest BCUT2D eigenvalue weighted by molar-refractivity contribution is 7.89. The normalized spacial score (nSPS) is 19.4. The monoisotopic (exact) mass is 486 g/mol. The number of aromatic nitrogens is 2. The predicted molar refractivity (Wildman–Crippen MR) is 129 cm³/mol. The van der Waals surface area contributed by atoms with Crippen LogP contribution in [0.25, 0.3) is 20.4 Å². The summed E-state index contributed by atoms with van der Waals surface area (Å²) in [5.74, 6) is -0.392. The van der Waals surface area contributed by atoms with Gasteiger partial charge in [-0.1, -0.05) is 13.8 Å². The molecule has 5 rings (SSSR count). The molecule has 1 unspecified atom stereocenters. The fraction of sp³-hybridized carbons (Fsp3) is 0.318. The molecule has 10 heteroatoms. The van der Waals surface area contributed by atoms with E-state index in [1.54, 1.807) is 40.6 Å². The van der Waals surface area contributed by atoms with Crippen molar-refractivity contribution in [1.29, 1.82) is 0 Å². The number of piperidine rings is 1. The highest BCUT2D eigenvalue weighted by Gasteiger charge is 2.43. The van der Waals surface area contributed by atoms with Crippen molar-refractivity contribution in [2.24, 2.45) is 11.3 Å². The summed E-state index contributed by atoms with van der Waals surface area (Å²) in [6.45, 7) is 4.48. The van der Waals surface area contributed by atoms with E-state index >= 15 is 0 Å². The zero-order valence-corrected chi connectivity index (χ0v) is 20.1. The van der Waals surface area contributed by atoms with Crippen LogP contribution in [0.3, 0.4) is 0 Å². The number of rotatable bonds is 4. The van der Waals surface area contributed by atoms with Crippen LogP contribution in [0.1, 0.15) is 20.3 Å². The number of benzene rings is 2. The average molecular weight is 487 g/mol. The van der Waals surface area contributed by atoms with Crippen molar-refractivity contribution in [2.45, 2.75) is 25.2 Å². The minimum atomic E-state index is -3.65. The first kappa shape index (κ1) is 21.4. The van der Waals surface area contributed by atoms with Gasteiger partial charge >= 0.3 is 0 Å². The number of hydrogen-bond acceptors (Lipinski definition) is 7. The van der Waals surface area contributed by atoms with Crippen molar-refractivity contribution >= 4 is 64.7 Å². The van der Waals surface area contributed by atoms with Crippen LogP contribution in [0, 0.1) is 11.3 Å². The average Bonchev–Trinajstić information content (AvgIpc) is 3.41. The smallest absolute Gasteiger partial charge is 0.243 e. The van der Waals surface area contributed by atoms with Crippen LogP contribution in [0.5, 0.6) is 0 Å². The zero-order valence-electron chi connectivity index (χ0n) is 17.6. The van der Waals surface area contributed by atoms with E-state index in [-0.39, 0.29) is 23.3 Å². The molecule has 4 aromatic rings. The highest BCUT2D eigenvalue weighted by Crippen LogP contribution is 2.38. The third-order valence-corrected chi connectivity index (χ3v) is 9.49. The number of carbonyl (C=O) groups excluding carboxylic acids is 1. The summed E-state index contributed by atoms with van der Waals surface area (Å²) in [4.78, 5) is 21.9. The maximum atomic E-state index is 13.3. The minimum Gasteiger partial charge on any atom is -0.326 e. The van der Waals surface area contributed by atoms with Crippen LogP contribution in [0.15, 0.2) is 52.3 Å². The minimum absolute atomic E-state index is 0.0901. The number of hydrogen-bond donors (Lipinski definition) is 1. The van der Waals surface area contributed by atoms with E-state index in [9.17, 15) is 13.2 Å². The van der Waals surface area contributed by atoms with Gasteiger partial charge < -0.3 is 5.32 Å². The Morgan fingerprint density at radius 1 is 1.06 bits per heavy atom. The lowest BCUT2D eigenvalue weighted by atomic mass is 9.74. The second-order valence-corrected chi connectivity index (χ2v) is 12.4. The SMILES string of the molecule is CC1(C)CN(S(=O)(=O)c2ccc3ncsc3c2)CCC1C(=O)Nc1ccc2scnc2c1. The first-order valence-electron chi connectivity index (χ1n) is 10.2. The fourth-order valence-electron chi connectivity index (χ4n) is 4.31. The molecular weight excluding hydrogens is 464 g/mol. The van der Waals surface area contributed by atoms with Crippen molar-refractivity contribution in [3.8, 4) is 0 Å². The van der Waals surface area contributed by atoms with Crippen molar-refractivity contribution in [2.75, 3.05) is 18.4 Å². The third-order valence-electron chi connectivity index (χ3n) is 6.05. The molecule has 0 radical (unpaired) electrons. The van der Waals surface area contributed by atoms with Crippen LogP contribution < -0.4 is 5.32 Å². The van der Waals surface area contributed by atoms with E-state index in [0.29, 0.717) is 18.7 Å². The predicted octanol–water partition coefficient (Wildman–Crippen LogP) is 4.58. The lowest BCUT2D eigenvalue weighted by Gasteiger charge is -2.42. The number of sulfonamides is 1. The Bertz CT molecular complexity index is 1420. The molecule has 166 valence electrons. The van der Waals surface area contributed by atoms with Gasteiger partial charge in [0.2, 0.25) is 15.9 Å². The Balaban J connectivity index is 1.33. The number of nitrogens with zero attached hydrogens (tertiary/aromatic N) is 3. The van der Waals surface area contributed by atoms with E-state index in [1.165, 1.54) is 15.6 Å². The lowest BCUT2D eigenvalue weighted by Crippen LogP contribution is -2.51. The summed E-state index contributed by atoms with van der Waals surface area (Å²) >= 11 is 2.97. The van der Waals surface area contributed by atoms with Gasteiger partial charge in [-0.2, -0.15) is 4.31 Å². The maximum absolute atomic E-state index is 13.3. The Hall–Kier alpha value is -2.40. The van der Waals surface area contributed by atoms with Crippen LogP contribution in [-0.4, -0.2) is 41.7 Å². The molecule has 3 heterocycles. The highest BCUT2D eigenvalue weighted by atomic mass is 32.2. The third kappa shape index (κ3) is 3.81. The molecule has 0 aliphatic carbocycles. The largest absolute Gasteiger partial charge is 0.326 e. The topological polar surface area (TPSA) is 92.3 Å². The van der Waals surface area contributed by atoms with E-state index in [1.807, 2.05) is 32.0 Å². The van der Waals surface area contributed by atoms with Gasteiger partial charge in [-0.15, -0.1) is 22.7 Å². The van der Waals surface area contributed by atoms with Gasteiger partial charge in [0, 0.05) is 24.7 Å². The molecule has 0 saturated carbocycles. The molecule has 2 aromatic carbocycles.